The number of nitrogens with two attached hydrogens (primary N) is 2. The van der Waals surface area contributed by atoms with Gasteiger partial charge < -0.3 is 37.0 Å². The summed E-state index contributed by atoms with van der Waals surface area (Å²) in [7, 11) is 0. The van der Waals surface area contributed by atoms with E-state index in [9.17, 15) is 19.2 Å². The number of Topliss-reactive ketones (excluding diaryl/α,β-unsaturated/α-hetero) is 1. The third kappa shape index (κ3) is 8.67. The number of hydrogen-bond donors (Lipinski definition) is 6. The lowest BCUT2D eigenvalue weighted by Crippen LogP contribution is -2.41. The second-order valence-corrected chi connectivity index (χ2v) is 8.18. The van der Waals surface area contributed by atoms with E-state index in [1.807, 2.05) is 0 Å². The molecule has 11 nitrogen and oxygen atoms in total. The molecule has 0 fully saturated rings. The Morgan fingerprint density at radius 3 is 2.25 bits per heavy atom. The molecule has 3 rings (SSSR count). The molecule has 11 heteroatoms. The number of imidazole rings is 1. The van der Waals surface area contributed by atoms with Crippen LogP contribution in [0.1, 0.15) is 37.6 Å². The fourth-order valence-corrected chi connectivity index (χ4v) is 3.30. The van der Waals surface area contributed by atoms with Gasteiger partial charge in [-0.3, -0.25) is 14.4 Å². The Balaban J connectivity index is 0.000000254. The Morgan fingerprint density at radius 2 is 1.64 bits per heavy atom. The molecular formula is C25H35N7O4. The van der Waals surface area contributed by atoms with Gasteiger partial charge in [-0.1, -0.05) is 13.8 Å². The Bertz CT molecular complexity index is 1210. The van der Waals surface area contributed by atoms with E-state index in [-0.39, 0.29) is 11.6 Å². The molecule has 0 saturated carbocycles. The molecule has 3 aromatic rings. The second kappa shape index (κ2) is 13.8. The maximum Gasteiger partial charge on any atom is 0.323 e. The van der Waals surface area contributed by atoms with E-state index < -0.39 is 17.7 Å². The molecule has 0 spiro atoms. The van der Waals surface area contributed by atoms with Crippen LogP contribution in [-0.2, 0) is 9.59 Å². The number of nitrogens with one attached hydrogen (secondary N) is 4. The highest BCUT2D eigenvalue weighted by Crippen LogP contribution is 2.14. The predicted molar refractivity (Wildman–Crippen MR) is 142 cm³/mol. The summed E-state index contributed by atoms with van der Waals surface area (Å²) in [5.74, 6) is -1.03. The Kier molecular flexibility index (Phi) is 10.8. The molecule has 194 valence electrons. The Labute approximate surface area is 209 Å². The van der Waals surface area contributed by atoms with E-state index in [0.717, 1.165) is 26.1 Å². The second-order valence-electron chi connectivity index (χ2n) is 8.18. The van der Waals surface area contributed by atoms with Gasteiger partial charge in [0, 0.05) is 23.5 Å². The minimum absolute atomic E-state index is 0.0328. The molecule has 2 aromatic carbocycles. The highest BCUT2D eigenvalue weighted by atomic mass is 16.2. The summed E-state index contributed by atoms with van der Waals surface area (Å²) in [4.78, 5) is 52.8. The molecule has 1 heterocycles. The van der Waals surface area contributed by atoms with Crippen molar-refractivity contribution in [2.45, 2.75) is 33.2 Å². The number of H-pyrrole nitrogens is 2. The first-order valence-electron chi connectivity index (χ1n) is 11.8. The van der Waals surface area contributed by atoms with E-state index >= 15 is 0 Å². The third-order valence-corrected chi connectivity index (χ3v) is 5.51. The van der Waals surface area contributed by atoms with Crippen molar-refractivity contribution in [1.82, 2.24) is 20.2 Å². The molecular weight excluding hydrogens is 462 g/mol. The number of nitrogens with zero attached hydrogens (tertiary/aromatic N) is 1. The number of ketones is 1. The van der Waals surface area contributed by atoms with E-state index in [2.05, 4.69) is 39.3 Å². The van der Waals surface area contributed by atoms with Crippen LogP contribution >= 0.6 is 0 Å². The number of hydrogen-bond acceptors (Lipinski definition) is 7. The van der Waals surface area contributed by atoms with Crippen molar-refractivity contribution >= 4 is 40.0 Å². The van der Waals surface area contributed by atoms with Gasteiger partial charge in [0.05, 0.1) is 11.0 Å². The highest BCUT2D eigenvalue weighted by molar-refractivity contribution is 6.10. The molecule has 8 N–H and O–H groups in total. The molecule has 0 bridgehead atoms. The summed E-state index contributed by atoms with van der Waals surface area (Å²) in [6, 6.07) is 10.6. The van der Waals surface area contributed by atoms with Crippen LogP contribution in [0.5, 0.6) is 0 Å². The minimum Gasteiger partial charge on any atom is -0.399 e. The van der Waals surface area contributed by atoms with Crippen LogP contribution < -0.4 is 27.8 Å². The molecule has 0 aliphatic rings. The molecule has 0 aliphatic heterocycles. The number of aromatic amines is 2. The standard InChI is InChI=1S/C14H23N3O.C11H12N4O3/c1-3-17(4-2)11-5-10-16-14(18)12-6-8-13(15)9-7-12;1-5(16)9(12)10(17)13-6-2-3-7-8(4-6)15-11(18)14-7/h6-9H,3-5,10-11,15H2,1-2H3,(H,16,18);2-4,9H,12H2,1H3,(H,13,17)(H2,14,15,18). The topological polar surface area (TPSA) is 179 Å². The first kappa shape index (κ1) is 28.3. The van der Waals surface area contributed by atoms with E-state index in [1.165, 1.54) is 6.92 Å². The van der Waals surface area contributed by atoms with Gasteiger partial charge in [0.15, 0.2) is 5.78 Å². The lowest BCUT2D eigenvalue weighted by atomic mass is 10.2. The van der Waals surface area contributed by atoms with Gasteiger partial charge in [0.1, 0.15) is 6.04 Å². The van der Waals surface area contributed by atoms with Crippen LogP contribution in [0.25, 0.3) is 11.0 Å². The number of carbonyl (C=O) groups excluding carboxylic acids is 3. The molecule has 0 saturated heterocycles. The maximum absolute atomic E-state index is 11.8. The monoisotopic (exact) mass is 497 g/mol. The van der Waals surface area contributed by atoms with Crippen molar-refractivity contribution in [1.29, 1.82) is 0 Å². The van der Waals surface area contributed by atoms with Crippen molar-refractivity contribution in [3.63, 3.8) is 0 Å². The van der Waals surface area contributed by atoms with Crippen LogP contribution in [0.3, 0.4) is 0 Å². The van der Waals surface area contributed by atoms with E-state index in [1.54, 1.807) is 42.5 Å². The first-order valence-corrected chi connectivity index (χ1v) is 11.8. The quantitative estimate of drug-likeness (QED) is 0.139. The molecule has 0 aliphatic carbocycles. The number of benzene rings is 2. The molecule has 1 unspecified atom stereocenters. The van der Waals surface area contributed by atoms with Crippen LogP contribution in [0, 0.1) is 0 Å². The van der Waals surface area contributed by atoms with E-state index in [0.29, 0.717) is 34.5 Å². The van der Waals surface area contributed by atoms with Gasteiger partial charge in [0.2, 0.25) is 5.91 Å². The zero-order valence-corrected chi connectivity index (χ0v) is 20.9. The van der Waals surface area contributed by atoms with Gasteiger partial charge in [-0.25, -0.2) is 4.79 Å². The van der Waals surface area contributed by atoms with Crippen molar-refractivity contribution in [2.24, 2.45) is 5.73 Å². The first-order chi connectivity index (χ1) is 17.1. The van der Waals surface area contributed by atoms with Gasteiger partial charge in [0.25, 0.3) is 5.91 Å². The van der Waals surface area contributed by atoms with Crippen molar-refractivity contribution in [2.75, 3.05) is 37.2 Å². The summed E-state index contributed by atoms with van der Waals surface area (Å²) < 4.78 is 0. The van der Waals surface area contributed by atoms with Gasteiger partial charge >= 0.3 is 5.69 Å². The van der Waals surface area contributed by atoms with Crippen molar-refractivity contribution < 1.29 is 14.4 Å². The summed E-state index contributed by atoms with van der Waals surface area (Å²) in [6.07, 6.45) is 0.975. The number of anilines is 2. The molecule has 1 aromatic heterocycles. The number of amides is 2. The molecule has 0 radical (unpaired) electrons. The fraction of sp³-hybridized carbons (Fsp3) is 0.360. The predicted octanol–water partition coefficient (Wildman–Crippen LogP) is 1.44. The lowest BCUT2D eigenvalue weighted by molar-refractivity contribution is -0.126. The van der Waals surface area contributed by atoms with Crippen molar-refractivity contribution in [3.8, 4) is 0 Å². The van der Waals surface area contributed by atoms with Crippen LogP contribution in [0.15, 0.2) is 47.3 Å². The summed E-state index contributed by atoms with van der Waals surface area (Å²) in [5.41, 5.74) is 13.6. The Hall–Kier alpha value is -3.96. The van der Waals surface area contributed by atoms with Gasteiger partial charge in [-0.15, -0.1) is 0 Å². The van der Waals surface area contributed by atoms with Crippen molar-refractivity contribution in [3.05, 3.63) is 58.5 Å². The number of rotatable bonds is 10. The van der Waals surface area contributed by atoms with E-state index in [4.69, 9.17) is 11.5 Å². The normalized spacial score (nSPS) is 11.5. The number of fused-ring (bicyclic) bond motifs is 1. The SMILES string of the molecule is CC(=O)C(N)C(=O)Nc1ccc2[nH]c(=O)[nH]c2c1.CCN(CC)CCCNC(=O)c1ccc(N)cc1. The zero-order valence-electron chi connectivity index (χ0n) is 20.9. The zero-order chi connectivity index (χ0) is 26.7. The largest absolute Gasteiger partial charge is 0.399 e. The van der Waals surface area contributed by atoms with Gasteiger partial charge in [-0.05, 0) is 75.4 Å². The average Bonchev–Trinajstić information content (AvgIpc) is 3.23. The number of carbonyl (C=O) groups is 3. The molecule has 36 heavy (non-hydrogen) atoms. The highest BCUT2D eigenvalue weighted by Gasteiger charge is 2.18. The Morgan fingerprint density at radius 1 is 1.00 bits per heavy atom. The lowest BCUT2D eigenvalue weighted by Gasteiger charge is -2.17. The number of nitrogen functional groups attached to an aromatic ring is 1. The number of aromatic nitrogens is 2. The van der Waals surface area contributed by atoms with Crippen LogP contribution in [0.2, 0.25) is 0 Å². The smallest absolute Gasteiger partial charge is 0.323 e. The maximum atomic E-state index is 11.8. The van der Waals surface area contributed by atoms with Crippen LogP contribution in [-0.4, -0.2) is 64.7 Å². The average molecular weight is 498 g/mol. The van der Waals surface area contributed by atoms with Crippen LogP contribution in [0.4, 0.5) is 11.4 Å². The summed E-state index contributed by atoms with van der Waals surface area (Å²) in [6.45, 7) is 9.39. The summed E-state index contributed by atoms with van der Waals surface area (Å²) >= 11 is 0. The molecule has 2 amide bonds. The summed E-state index contributed by atoms with van der Waals surface area (Å²) in [5, 5.41) is 5.42. The van der Waals surface area contributed by atoms with Gasteiger partial charge in [-0.2, -0.15) is 0 Å². The minimum atomic E-state index is -1.19. The molecule has 1 atom stereocenters. The fourth-order valence-electron chi connectivity index (χ4n) is 3.30. The third-order valence-electron chi connectivity index (χ3n) is 5.51.